The predicted molar refractivity (Wildman–Crippen MR) is 92.6 cm³/mol. The maximum Gasteiger partial charge on any atom is 0.328 e. The molecule has 0 fully saturated rings. The fourth-order valence-corrected chi connectivity index (χ4v) is 3.05. The highest BCUT2D eigenvalue weighted by molar-refractivity contribution is 5.89. The molecule has 0 radical (unpaired) electrons. The largest absolute Gasteiger partial charge is 0.478 e. The molecule has 118 valence electrons. The van der Waals surface area contributed by atoms with E-state index in [0.29, 0.717) is 5.57 Å². The zero-order valence-electron chi connectivity index (χ0n) is 13.4. The quantitative estimate of drug-likeness (QED) is 0.880. The Morgan fingerprint density at radius 3 is 2.87 bits per heavy atom. The molecule has 1 aromatic heterocycles. The normalized spacial score (nSPS) is 14.5. The van der Waals surface area contributed by atoms with Crippen LogP contribution in [-0.2, 0) is 11.2 Å². The number of carboxylic acids is 1. The van der Waals surface area contributed by atoms with Crippen molar-refractivity contribution in [1.29, 1.82) is 0 Å². The lowest BCUT2D eigenvalue weighted by molar-refractivity contribution is -0.131. The van der Waals surface area contributed by atoms with E-state index in [0.717, 1.165) is 29.7 Å². The molecule has 0 saturated carbocycles. The van der Waals surface area contributed by atoms with Crippen LogP contribution in [0.25, 0.3) is 16.7 Å². The molecule has 0 unspecified atom stereocenters. The van der Waals surface area contributed by atoms with Crippen molar-refractivity contribution >= 4 is 17.2 Å². The smallest absolute Gasteiger partial charge is 0.328 e. The first-order valence-corrected chi connectivity index (χ1v) is 7.75. The summed E-state index contributed by atoms with van der Waals surface area (Å²) < 4.78 is 0. The number of aliphatic carboxylic acids is 1. The van der Waals surface area contributed by atoms with E-state index in [1.807, 2.05) is 12.3 Å². The molecular weight excluding hydrogens is 288 g/mol. The van der Waals surface area contributed by atoms with E-state index < -0.39 is 5.97 Å². The number of aromatic nitrogens is 1. The molecule has 0 amide bonds. The summed E-state index contributed by atoms with van der Waals surface area (Å²) in [6.45, 7) is 2.89. The van der Waals surface area contributed by atoms with Crippen LogP contribution < -0.4 is 4.90 Å². The van der Waals surface area contributed by atoms with Gasteiger partial charge in [0.25, 0.3) is 0 Å². The number of hydrogen-bond donors (Lipinski definition) is 1. The van der Waals surface area contributed by atoms with Crippen molar-refractivity contribution in [3.05, 3.63) is 53.9 Å². The third kappa shape index (κ3) is 3.26. The minimum Gasteiger partial charge on any atom is -0.478 e. The van der Waals surface area contributed by atoms with Crippen LogP contribution in [0.1, 0.15) is 24.5 Å². The minimum absolute atomic E-state index is 0.699. The number of fused-ring (bicyclic) bond motifs is 1. The molecular formula is C19H20N2O2. The van der Waals surface area contributed by atoms with Crippen molar-refractivity contribution < 1.29 is 9.90 Å². The van der Waals surface area contributed by atoms with Gasteiger partial charge >= 0.3 is 5.97 Å². The number of rotatable bonds is 3. The molecule has 0 aliphatic carbocycles. The molecule has 3 rings (SSSR count). The predicted octanol–water partition coefficient (Wildman–Crippen LogP) is 3.62. The number of benzene rings is 1. The second kappa shape index (κ2) is 6.24. The second-order valence-electron chi connectivity index (χ2n) is 6.00. The van der Waals surface area contributed by atoms with Gasteiger partial charge in [0, 0.05) is 43.3 Å². The maximum absolute atomic E-state index is 10.8. The van der Waals surface area contributed by atoms with E-state index in [2.05, 4.69) is 35.1 Å². The van der Waals surface area contributed by atoms with E-state index in [-0.39, 0.29) is 0 Å². The van der Waals surface area contributed by atoms with Gasteiger partial charge in [0.05, 0.1) is 0 Å². The number of nitrogens with zero attached hydrogens (tertiary/aromatic N) is 2. The molecule has 2 heterocycles. The average Bonchev–Trinajstić information content (AvgIpc) is 2.54. The summed E-state index contributed by atoms with van der Waals surface area (Å²) in [5.41, 5.74) is 6.32. The highest BCUT2D eigenvalue weighted by Crippen LogP contribution is 2.31. The van der Waals surface area contributed by atoms with E-state index in [1.54, 1.807) is 13.1 Å². The Balaban J connectivity index is 1.98. The van der Waals surface area contributed by atoms with Crippen LogP contribution in [0.3, 0.4) is 0 Å². The van der Waals surface area contributed by atoms with Crippen LogP contribution in [-0.4, -0.2) is 29.7 Å². The average molecular weight is 308 g/mol. The fourth-order valence-electron chi connectivity index (χ4n) is 3.05. The molecule has 0 bridgehead atoms. The molecule has 2 aromatic rings. The first-order chi connectivity index (χ1) is 11.0. The van der Waals surface area contributed by atoms with Crippen LogP contribution in [0.15, 0.2) is 42.7 Å². The Labute approximate surface area is 136 Å². The molecule has 23 heavy (non-hydrogen) atoms. The number of pyridine rings is 1. The summed E-state index contributed by atoms with van der Waals surface area (Å²) >= 11 is 0. The zero-order chi connectivity index (χ0) is 16.4. The summed E-state index contributed by atoms with van der Waals surface area (Å²) in [6.07, 6.45) is 7.00. The van der Waals surface area contributed by atoms with Gasteiger partial charge in [-0.25, -0.2) is 4.79 Å². The first kappa shape index (κ1) is 15.3. The summed E-state index contributed by atoms with van der Waals surface area (Å²) in [7, 11) is 2.12. The van der Waals surface area contributed by atoms with Crippen molar-refractivity contribution in [2.45, 2.75) is 19.8 Å². The summed E-state index contributed by atoms with van der Waals surface area (Å²) in [5.74, 6) is -0.940. The van der Waals surface area contributed by atoms with Crippen molar-refractivity contribution in [2.75, 3.05) is 18.5 Å². The van der Waals surface area contributed by atoms with E-state index in [1.165, 1.54) is 23.7 Å². The number of allylic oxidation sites excluding steroid dienone is 1. The monoisotopic (exact) mass is 308 g/mol. The van der Waals surface area contributed by atoms with Crippen LogP contribution in [0, 0.1) is 0 Å². The first-order valence-electron chi connectivity index (χ1n) is 7.75. The van der Waals surface area contributed by atoms with Crippen LogP contribution in [0.2, 0.25) is 0 Å². The Morgan fingerprint density at radius 1 is 1.26 bits per heavy atom. The van der Waals surface area contributed by atoms with Gasteiger partial charge in [-0.3, -0.25) is 4.98 Å². The molecule has 0 spiro atoms. The molecule has 4 nitrogen and oxygen atoms in total. The number of hydrogen-bond acceptors (Lipinski definition) is 3. The van der Waals surface area contributed by atoms with Gasteiger partial charge in [0.2, 0.25) is 0 Å². The van der Waals surface area contributed by atoms with Crippen LogP contribution in [0.4, 0.5) is 5.69 Å². The Hall–Kier alpha value is -2.62. The van der Waals surface area contributed by atoms with E-state index in [9.17, 15) is 4.79 Å². The van der Waals surface area contributed by atoms with Gasteiger partial charge in [0.15, 0.2) is 0 Å². The molecule has 4 heteroatoms. The molecule has 1 aromatic carbocycles. The lowest BCUT2D eigenvalue weighted by Gasteiger charge is -2.27. The lowest BCUT2D eigenvalue weighted by atomic mass is 9.96. The van der Waals surface area contributed by atoms with Gasteiger partial charge in [-0.2, -0.15) is 0 Å². The van der Waals surface area contributed by atoms with Gasteiger partial charge < -0.3 is 10.0 Å². The Bertz CT molecular complexity index is 781. The Morgan fingerprint density at radius 2 is 2.09 bits per heavy atom. The third-order valence-electron chi connectivity index (χ3n) is 4.30. The lowest BCUT2D eigenvalue weighted by Crippen LogP contribution is -2.24. The number of carbonyl (C=O) groups is 1. The van der Waals surface area contributed by atoms with Gasteiger partial charge in [0.1, 0.15) is 0 Å². The third-order valence-corrected chi connectivity index (χ3v) is 4.30. The fraction of sp³-hybridized carbons (Fsp3) is 0.263. The number of anilines is 1. The number of carboxylic acid groups (broad SMARTS) is 1. The van der Waals surface area contributed by atoms with Crippen molar-refractivity contribution in [2.24, 2.45) is 0 Å². The second-order valence-corrected chi connectivity index (χ2v) is 6.00. The minimum atomic E-state index is -0.940. The standard InChI is InChI=1S/C19H20N2O2/c1-13(8-19(22)23)16-10-17(12-20-11-16)14-5-6-18-15(9-14)4-3-7-21(18)2/h5-6,8-12H,3-4,7H2,1-2H3,(H,22,23)/b13-8+. The highest BCUT2D eigenvalue weighted by Gasteiger charge is 2.14. The van der Waals surface area contributed by atoms with Crippen molar-refractivity contribution in [3.63, 3.8) is 0 Å². The van der Waals surface area contributed by atoms with Gasteiger partial charge in [-0.15, -0.1) is 0 Å². The summed E-state index contributed by atoms with van der Waals surface area (Å²) in [4.78, 5) is 17.4. The van der Waals surface area contributed by atoms with E-state index >= 15 is 0 Å². The Kier molecular flexibility index (Phi) is 4.15. The molecule has 1 aliphatic heterocycles. The topological polar surface area (TPSA) is 53.4 Å². The summed E-state index contributed by atoms with van der Waals surface area (Å²) in [5, 5.41) is 8.89. The van der Waals surface area contributed by atoms with Crippen LogP contribution >= 0.6 is 0 Å². The van der Waals surface area contributed by atoms with Gasteiger partial charge in [-0.05, 0) is 60.2 Å². The molecule has 0 saturated heterocycles. The number of aryl methyl sites for hydroxylation is 1. The SMILES string of the molecule is C/C(=C\C(=O)O)c1cncc(-c2ccc3c(c2)CCCN3C)c1. The van der Waals surface area contributed by atoms with Gasteiger partial charge in [-0.1, -0.05) is 6.07 Å². The molecule has 0 atom stereocenters. The van der Waals surface area contributed by atoms with Crippen molar-refractivity contribution in [1.82, 2.24) is 4.98 Å². The molecule has 1 aliphatic rings. The zero-order valence-corrected chi connectivity index (χ0v) is 13.4. The molecule has 1 N–H and O–H groups in total. The maximum atomic E-state index is 10.8. The highest BCUT2D eigenvalue weighted by atomic mass is 16.4. The van der Waals surface area contributed by atoms with E-state index in [4.69, 9.17) is 5.11 Å². The van der Waals surface area contributed by atoms with Crippen molar-refractivity contribution in [3.8, 4) is 11.1 Å². The summed E-state index contributed by atoms with van der Waals surface area (Å²) in [6, 6.07) is 8.49. The van der Waals surface area contributed by atoms with Crippen LogP contribution in [0.5, 0.6) is 0 Å².